The lowest BCUT2D eigenvalue weighted by Crippen LogP contribution is -2.32. The molecule has 0 amide bonds. The van der Waals surface area contributed by atoms with Gasteiger partial charge in [0, 0.05) is 41.7 Å². The zero-order chi connectivity index (χ0) is 24.5. The van der Waals surface area contributed by atoms with E-state index in [4.69, 9.17) is 4.74 Å². The fourth-order valence-electron chi connectivity index (χ4n) is 5.00. The largest absolute Gasteiger partial charge is 0.497 e. The zero-order valence-electron chi connectivity index (χ0n) is 20.2. The van der Waals surface area contributed by atoms with Crippen LogP contribution in [0, 0.1) is 5.92 Å². The second-order valence-corrected chi connectivity index (χ2v) is 9.39. The fraction of sp³-hybridized carbons (Fsp3) is 0.194. The first kappa shape index (κ1) is 22.2. The summed E-state index contributed by atoms with van der Waals surface area (Å²) in [6.45, 7) is 0. The van der Waals surface area contributed by atoms with E-state index in [0.717, 1.165) is 52.2 Å². The van der Waals surface area contributed by atoms with E-state index in [0.29, 0.717) is 12.2 Å². The lowest BCUT2D eigenvalue weighted by molar-refractivity contribution is -0.120. The molecule has 1 atom stereocenters. The maximum Gasteiger partial charge on any atom is 0.138 e. The highest BCUT2D eigenvalue weighted by atomic mass is 16.5. The van der Waals surface area contributed by atoms with Crippen LogP contribution in [0.4, 0.5) is 5.69 Å². The molecule has 1 fully saturated rings. The highest BCUT2D eigenvalue weighted by Crippen LogP contribution is 2.45. The van der Waals surface area contributed by atoms with Crippen molar-refractivity contribution in [1.82, 2.24) is 9.97 Å². The van der Waals surface area contributed by atoms with Gasteiger partial charge in [0.25, 0.3) is 0 Å². The lowest BCUT2D eigenvalue weighted by atomic mass is 9.87. The van der Waals surface area contributed by atoms with Gasteiger partial charge in [-0.25, -0.2) is 9.97 Å². The molecule has 5 heteroatoms. The van der Waals surface area contributed by atoms with Crippen molar-refractivity contribution in [3.63, 3.8) is 0 Å². The van der Waals surface area contributed by atoms with E-state index in [1.165, 1.54) is 11.9 Å². The van der Waals surface area contributed by atoms with Gasteiger partial charge in [-0.05, 0) is 77.6 Å². The quantitative estimate of drug-likeness (QED) is 0.303. The van der Waals surface area contributed by atoms with Gasteiger partial charge in [0.05, 0.1) is 13.2 Å². The molecule has 1 aliphatic carbocycles. The Kier molecular flexibility index (Phi) is 5.82. The van der Waals surface area contributed by atoms with Crippen molar-refractivity contribution in [2.24, 2.45) is 5.92 Å². The summed E-state index contributed by atoms with van der Waals surface area (Å²) in [6.07, 6.45) is 9.93. The number of hydrogen-bond donors (Lipinski definition) is 0. The number of anilines is 1. The second-order valence-electron chi connectivity index (χ2n) is 9.39. The van der Waals surface area contributed by atoms with Crippen LogP contribution in [0.3, 0.4) is 0 Å². The van der Waals surface area contributed by atoms with E-state index in [1.54, 1.807) is 7.11 Å². The molecular formula is C31H27N3O2. The molecule has 5 nitrogen and oxygen atoms in total. The third-order valence-corrected chi connectivity index (χ3v) is 7.07. The minimum Gasteiger partial charge on any atom is -0.497 e. The molecule has 2 heterocycles. The third kappa shape index (κ3) is 4.29. The Labute approximate surface area is 211 Å². The summed E-state index contributed by atoms with van der Waals surface area (Å²) in [5, 5.41) is 0. The van der Waals surface area contributed by atoms with Crippen LogP contribution in [0.25, 0.3) is 22.9 Å². The Morgan fingerprint density at radius 2 is 1.58 bits per heavy atom. The van der Waals surface area contributed by atoms with Crippen molar-refractivity contribution in [3.8, 4) is 16.9 Å². The van der Waals surface area contributed by atoms with E-state index < -0.39 is 0 Å². The van der Waals surface area contributed by atoms with E-state index in [-0.39, 0.29) is 12.0 Å². The van der Waals surface area contributed by atoms with Crippen LogP contribution < -0.4 is 9.64 Å². The summed E-state index contributed by atoms with van der Waals surface area (Å²) in [6, 6.07) is 24.9. The Balaban J connectivity index is 1.47. The SMILES string of the molecule is COc1ccc(C2=Cc3ccccc3C(CC(=O)C3CC3)N2c2ccc(-c3cncnc3)cc2)cc1. The highest BCUT2D eigenvalue weighted by Gasteiger charge is 2.36. The number of aromatic nitrogens is 2. The number of ether oxygens (including phenoxy) is 1. The predicted molar refractivity (Wildman–Crippen MR) is 142 cm³/mol. The molecular weight excluding hydrogens is 446 g/mol. The first-order valence-corrected chi connectivity index (χ1v) is 12.3. The average Bonchev–Trinajstić information content (AvgIpc) is 3.79. The van der Waals surface area contributed by atoms with E-state index in [1.807, 2.05) is 24.5 Å². The highest BCUT2D eigenvalue weighted by molar-refractivity contribution is 5.95. The standard InChI is InChI=1S/C31H27N3O2/c1-36-27-14-10-22(11-15-27)29-16-24-4-2-3-5-28(24)30(17-31(35)23-6-7-23)34(29)26-12-8-21(9-13-26)25-18-32-20-33-19-25/h2-5,8-16,18-20,23,30H,6-7,17H2,1H3. The van der Waals surface area contributed by atoms with Crippen LogP contribution in [-0.2, 0) is 4.79 Å². The summed E-state index contributed by atoms with van der Waals surface area (Å²) < 4.78 is 5.40. The molecule has 1 unspecified atom stereocenters. The monoisotopic (exact) mass is 473 g/mol. The topological polar surface area (TPSA) is 55.3 Å². The van der Waals surface area contributed by atoms with Gasteiger partial charge in [0.2, 0.25) is 0 Å². The summed E-state index contributed by atoms with van der Waals surface area (Å²) in [7, 11) is 1.68. The molecule has 1 aliphatic heterocycles. The van der Waals surface area contributed by atoms with Gasteiger partial charge in [0.15, 0.2) is 0 Å². The van der Waals surface area contributed by atoms with E-state index in [9.17, 15) is 4.79 Å². The van der Waals surface area contributed by atoms with Crippen molar-refractivity contribution in [1.29, 1.82) is 0 Å². The molecule has 36 heavy (non-hydrogen) atoms. The lowest BCUT2D eigenvalue weighted by Gasteiger charge is -2.40. The molecule has 1 saturated carbocycles. The fourth-order valence-corrected chi connectivity index (χ4v) is 5.00. The van der Waals surface area contributed by atoms with Crippen molar-refractivity contribution in [3.05, 3.63) is 108 Å². The van der Waals surface area contributed by atoms with Crippen molar-refractivity contribution >= 4 is 23.2 Å². The number of carbonyl (C=O) groups excluding carboxylic acids is 1. The summed E-state index contributed by atoms with van der Waals surface area (Å²) in [5.74, 6) is 1.39. The number of hydrogen-bond acceptors (Lipinski definition) is 5. The first-order chi connectivity index (χ1) is 17.7. The van der Waals surface area contributed by atoms with Gasteiger partial charge in [-0.2, -0.15) is 0 Å². The third-order valence-electron chi connectivity index (χ3n) is 7.07. The van der Waals surface area contributed by atoms with Crippen LogP contribution in [0.1, 0.15) is 42.0 Å². The molecule has 2 aliphatic rings. The van der Waals surface area contributed by atoms with Crippen LogP contribution in [0.2, 0.25) is 0 Å². The first-order valence-electron chi connectivity index (χ1n) is 12.3. The summed E-state index contributed by atoms with van der Waals surface area (Å²) >= 11 is 0. The molecule has 4 aromatic rings. The number of ketones is 1. The van der Waals surface area contributed by atoms with Gasteiger partial charge < -0.3 is 9.64 Å². The normalized spacial score (nSPS) is 16.8. The molecule has 0 spiro atoms. The number of rotatable bonds is 7. The molecule has 0 saturated heterocycles. The number of nitrogens with zero attached hydrogens (tertiary/aromatic N) is 3. The predicted octanol–water partition coefficient (Wildman–Crippen LogP) is 6.58. The summed E-state index contributed by atoms with van der Waals surface area (Å²) in [4.78, 5) is 23.8. The Bertz CT molecular complexity index is 1410. The zero-order valence-corrected chi connectivity index (χ0v) is 20.2. The van der Waals surface area contributed by atoms with E-state index >= 15 is 0 Å². The number of fused-ring (bicyclic) bond motifs is 1. The number of methoxy groups -OCH3 is 1. The molecule has 3 aromatic carbocycles. The molecule has 1 aromatic heterocycles. The van der Waals surface area contributed by atoms with Crippen molar-refractivity contribution in [2.45, 2.75) is 25.3 Å². The van der Waals surface area contributed by atoms with Gasteiger partial charge >= 0.3 is 0 Å². The number of carbonyl (C=O) groups is 1. The van der Waals surface area contributed by atoms with Crippen molar-refractivity contribution in [2.75, 3.05) is 12.0 Å². The van der Waals surface area contributed by atoms with Crippen LogP contribution in [0.5, 0.6) is 5.75 Å². The van der Waals surface area contributed by atoms with Gasteiger partial charge in [0.1, 0.15) is 17.9 Å². The number of benzene rings is 3. The molecule has 6 rings (SSSR count). The van der Waals surface area contributed by atoms with Gasteiger partial charge in [-0.1, -0.05) is 36.4 Å². The maximum absolute atomic E-state index is 13.1. The Hall–Kier alpha value is -4.25. The Morgan fingerprint density at radius 1 is 0.889 bits per heavy atom. The number of Topliss-reactive ketones (excluding diaryl/α,β-unsaturated/α-hetero) is 1. The Morgan fingerprint density at radius 3 is 2.28 bits per heavy atom. The second kappa shape index (κ2) is 9.42. The van der Waals surface area contributed by atoms with Crippen molar-refractivity contribution < 1.29 is 9.53 Å². The van der Waals surface area contributed by atoms with Gasteiger partial charge in [-0.3, -0.25) is 4.79 Å². The summed E-state index contributed by atoms with van der Waals surface area (Å²) in [5.41, 5.74) is 7.56. The molecule has 178 valence electrons. The average molecular weight is 474 g/mol. The smallest absolute Gasteiger partial charge is 0.138 e. The minimum absolute atomic E-state index is 0.0812. The van der Waals surface area contributed by atoms with E-state index in [2.05, 4.69) is 81.6 Å². The van der Waals surface area contributed by atoms with Gasteiger partial charge in [-0.15, -0.1) is 0 Å². The van der Waals surface area contributed by atoms with Crippen LogP contribution in [0.15, 0.2) is 91.5 Å². The maximum atomic E-state index is 13.1. The minimum atomic E-state index is -0.0812. The molecule has 0 radical (unpaired) electrons. The van der Waals surface area contributed by atoms with Crippen LogP contribution in [-0.4, -0.2) is 22.9 Å². The molecule has 0 bridgehead atoms. The van der Waals surface area contributed by atoms with Crippen LogP contribution >= 0.6 is 0 Å². The molecule has 0 N–H and O–H groups in total.